The van der Waals surface area contributed by atoms with E-state index < -0.39 is 11.8 Å². The van der Waals surface area contributed by atoms with Gasteiger partial charge in [0.1, 0.15) is 0 Å². The van der Waals surface area contributed by atoms with E-state index in [9.17, 15) is 14.0 Å². The first-order valence-corrected chi connectivity index (χ1v) is 5.62. The molecule has 1 saturated heterocycles. The number of hydrogen-bond acceptors (Lipinski definition) is 5. The van der Waals surface area contributed by atoms with Crippen LogP contribution in [-0.4, -0.2) is 36.9 Å². The highest BCUT2D eigenvalue weighted by molar-refractivity contribution is 5.95. The maximum atomic E-state index is 13.5. The van der Waals surface area contributed by atoms with Gasteiger partial charge in [-0.05, 0) is 6.07 Å². The van der Waals surface area contributed by atoms with Gasteiger partial charge in [0, 0.05) is 6.20 Å². The molecule has 0 amide bonds. The quantitative estimate of drug-likeness (QED) is 0.747. The summed E-state index contributed by atoms with van der Waals surface area (Å²) in [6.07, 6.45) is 1.23. The maximum Gasteiger partial charge on any atom is 0.339 e. The molecule has 0 radical (unpaired) electrons. The third kappa shape index (κ3) is 2.82. The third-order valence-corrected chi connectivity index (χ3v) is 2.28. The van der Waals surface area contributed by atoms with Crippen LogP contribution in [0.2, 0.25) is 0 Å². The van der Waals surface area contributed by atoms with Crippen LogP contribution < -0.4 is 4.90 Å². The fourth-order valence-corrected chi connectivity index (χ4v) is 1.42. The lowest BCUT2D eigenvalue weighted by Gasteiger charge is -2.30. The third-order valence-electron chi connectivity index (χ3n) is 2.28. The Morgan fingerprint density at radius 2 is 2.06 bits per heavy atom. The van der Waals surface area contributed by atoms with E-state index in [1.165, 1.54) is 18.2 Å². The number of anilines is 1. The van der Waals surface area contributed by atoms with Crippen molar-refractivity contribution in [3.05, 3.63) is 23.6 Å². The van der Waals surface area contributed by atoms with Crippen molar-refractivity contribution >= 4 is 17.6 Å². The number of nitrogens with zero attached hydrogens (tertiary/aromatic N) is 2. The van der Waals surface area contributed by atoms with Gasteiger partial charge in [-0.3, -0.25) is 4.79 Å². The van der Waals surface area contributed by atoms with E-state index in [0.29, 0.717) is 0 Å². The first-order valence-electron chi connectivity index (χ1n) is 5.62. The van der Waals surface area contributed by atoms with Gasteiger partial charge in [0.15, 0.2) is 17.4 Å². The first kappa shape index (κ1) is 14.1. The molecule has 98 valence electrons. The van der Waals surface area contributed by atoms with Crippen molar-refractivity contribution < 1.29 is 18.7 Å². The Morgan fingerprint density at radius 1 is 1.44 bits per heavy atom. The van der Waals surface area contributed by atoms with Crippen molar-refractivity contribution in [2.24, 2.45) is 0 Å². The highest BCUT2D eigenvalue weighted by Crippen LogP contribution is 2.20. The number of hydrogen-bond donors (Lipinski definition) is 0. The molecule has 0 aliphatic carbocycles. The summed E-state index contributed by atoms with van der Waals surface area (Å²) < 4.78 is 18.0. The SMILES string of the molecule is CC.COC(=O)c1cnc(N2CC(=O)C2)c(F)c1. The number of halogens is 1. The molecule has 0 bridgehead atoms. The van der Waals surface area contributed by atoms with Crippen LogP contribution in [0.15, 0.2) is 12.3 Å². The molecule has 0 spiro atoms. The molecule has 0 unspecified atom stereocenters. The Kier molecular flexibility index (Phi) is 4.76. The Balaban J connectivity index is 0.000000771. The van der Waals surface area contributed by atoms with Crippen LogP contribution in [0.25, 0.3) is 0 Å². The smallest absolute Gasteiger partial charge is 0.339 e. The zero-order chi connectivity index (χ0) is 13.7. The Morgan fingerprint density at radius 3 is 2.50 bits per heavy atom. The van der Waals surface area contributed by atoms with Gasteiger partial charge in [0.05, 0.1) is 25.8 Å². The summed E-state index contributed by atoms with van der Waals surface area (Å²) >= 11 is 0. The fraction of sp³-hybridized carbons (Fsp3) is 0.417. The molecule has 1 aliphatic rings. The second-order valence-corrected chi connectivity index (χ2v) is 3.42. The summed E-state index contributed by atoms with van der Waals surface area (Å²) in [6.45, 7) is 4.34. The number of pyridine rings is 1. The van der Waals surface area contributed by atoms with Crippen molar-refractivity contribution in [3.63, 3.8) is 0 Å². The van der Waals surface area contributed by atoms with Gasteiger partial charge < -0.3 is 9.64 Å². The lowest BCUT2D eigenvalue weighted by atomic mass is 10.2. The minimum absolute atomic E-state index is 0.0400. The number of aromatic nitrogens is 1. The molecule has 18 heavy (non-hydrogen) atoms. The lowest BCUT2D eigenvalue weighted by molar-refractivity contribution is -0.119. The van der Waals surface area contributed by atoms with Gasteiger partial charge in [-0.15, -0.1) is 0 Å². The van der Waals surface area contributed by atoms with E-state index in [4.69, 9.17) is 0 Å². The minimum Gasteiger partial charge on any atom is -0.465 e. The Bertz CT molecular complexity index is 455. The normalized spacial score (nSPS) is 13.3. The van der Waals surface area contributed by atoms with E-state index in [2.05, 4.69) is 9.72 Å². The van der Waals surface area contributed by atoms with Gasteiger partial charge in [-0.1, -0.05) is 13.8 Å². The highest BCUT2D eigenvalue weighted by Gasteiger charge is 2.27. The first-order chi connectivity index (χ1) is 8.61. The average molecular weight is 254 g/mol. The number of esters is 1. The summed E-state index contributed by atoms with van der Waals surface area (Å²) in [5.74, 6) is -1.14. The van der Waals surface area contributed by atoms with Gasteiger partial charge in [-0.2, -0.15) is 0 Å². The molecule has 2 heterocycles. The summed E-state index contributed by atoms with van der Waals surface area (Å²) in [5.41, 5.74) is 0.0515. The number of Topliss-reactive ketones (excluding diaryl/α,β-unsaturated/α-hetero) is 1. The van der Waals surface area contributed by atoms with Gasteiger partial charge in [-0.25, -0.2) is 14.2 Å². The number of ether oxygens (including phenoxy) is 1. The van der Waals surface area contributed by atoms with Crippen molar-refractivity contribution in [1.29, 1.82) is 0 Å². The Labute approximate surface area is 105 Å². The van der Waals surface area contributed by atoms with Crippen LogP contribution in [0.1, 0.15) is 24.2 Å². The molecular weight excluding hydrogens is 239 g/mol. The molecule has 0 aromatic carbocycles. The molecule has 0 saturated carbocycles. The molecule has 1 aliphatic heterocycles. The van der Waals surface area contributed by atoms with Crippen LogP contribution in [-0.2, 0) is 9.53 Å². The molecule has 1 aromatic rings. The summed E-state index contributed by atoms with van der Waals surface area (Å²) in [4.78, 5) is 27.1. The van der Waals surface area contributed by atoms with Crippen LogP contribution in [0.3, 0.4) is 0 Å². The zero-order valence-corrected chi connectivity index (χ0v) is 10.6. The van der Waals surface area contributed by atoms with Gasteiger partial charge in [0.2, 0.25) is 0 Å². The van der Waals surface area contributed by atoms with E-state index in [1.54, 1.807) is 0 Å². The van der Waals surface area contributed by atoms with Crippen LogP contribution in [0.4, 0.5) is 10.2 Å². The predicted octanol–water partition coefficient (Wildman–Crippen LogP) is 1.42. The molecule has 1 aromatic heterocycles. The number of methoxy groups -OCH3 is 1. The van der Waals surface area contributed by atoms with Crippen molar-refractivity contribution in [2.45, 2.75) is 13.8 Å². The van der Waals surface area contributed by atoms with E-state index in [-0.39, 0.29) is 30.3 Å². The van der Waals surface area contributed by atoms with Crippen LogP contribution in [0.5, 0.6) is 0 Å². The molecule has 2 rings (SSSR count). The topological polar surface area (TPSA) is 59.5 Å². The standard InChI is InChI=1S/C10H9FN2O3.C2H6/c1-16-10(15)6-2-8(11)9(12-3-6)13-4-7(14)5-13;1-2/h2-3H,4-5H2,1H3;1-2H3. The average Bonchev–Trinajstić information content (AvgIpc) is 2.37. The lowest BCUT2D eigenvalue weighted by Crippen LogP contribution is -2.48. The molecule has 0 atom stereocenters. The summed E-state index contributed by atoms with van der Waals surface area (Å²) in [6, 6.07) is 1.05. The largest absolute Gasteiger partial charge is 0.465 e. The fourth-order valence-electron chi connectivity index (χ4n) is 1.42. The number of rotatable bonds is 2. The zero-order valence-electron chi connectivity index (χ0n) is 10.6. The van der Waals surface area contributed by atoms with Gasteiger partial charge in [0.25, 0.3) is 0 Å². The Hall–Kier alpha value is -1.98. The molecule has 1 fully saturated rings. The monoisotopic (exact) mass is 254 g/mol. The van der Waals surface area contributed by atoms with Crippen molar-refractivity contribution in [2.75, 3.05) is 25.1 Å². The highest BCUT2D eigenvalue weighted by atomic mass is 19.1. The second-order valence-electron chi connectivity index (χ2n) is 3.42. The molecule has 5 nitrogen and oxygen atoms in total. The van der Waals surface area contributed by atoms with Crippen LogP contribution >= 0.6 is 0 Å². The summed E-state index contributed by atoms with van der Waals surface area (Å²) in [5, 5.41) is 0. The van der Waals surface area contributed by atoms with E-state index >= 15 is 0 Å². The minimum atomic E-state index is -0.641. The van der Waals surface area contributed by atoms with Crippen molar-refractivity contribution in [3.8, 4) is 0 Å². The maximum absolute atomic E-state index is 13.5. The van der Waals surface area contributed by atoms with E-state index in [0.717, 1.165) is 6.07 Å². The number of carbonyl (C=O) groups is 2. The molecule has 0 N–H and O–H groups in total. The molecule has 6 heteroatoms. The number of carbonyl (C=O) groups excluding carboxylic acids is 2. The summed E-state index contributed by atoms with van der Waals surface area (Å²) in [7, 11) is 1.21. The second kappa shape index (κ2) is 6.09. The van der Waals surface area contributed by atoms with Crippen molar-refractivity contribution in [1.82, 2.24) is 4.98 Å². The number of ketones is 1. The van der Waals surface area contributed by atoms with Gasteiger partial charge >= 0.3 is 5.97 Å². The van der Waals surface area contributed by atoms with E-state index in [1.807, 2.05) is 13.8 Å². The molecular formula is C12H15FN2O3. The van der Waals surface area contributed by atoms with Crippen LogP contribution in [0, 0.1) is 5.82 Å². The predicted molar refractivity (Wildman–Crippen MR) is 64.1 cm³/mol.